The van der Waals surface area contributed by atoms with Gasteiger partial charge in [-0.1, -0.05) is 19.1 Å². The van der Waals surface area contributed by atoms with E-state index in [1.54, 1.807) is 6.07 Å². The Morgan fingerprint density at radius 3 is 2.91 bits per heavy atom. The van der Waals surface area contributed by atoms with E-state index in [0.29, 0.717) is 24.2 Å². The standard InChI is InChI=1S/C17H19NO4/c1-16-7-6-10(8-12(16)15(20)21)17(9-16)18-14(19)11-4-2-3-5-13(11)22-17/h2-5,10,12H,6-9H2,1H3,(H,18,19)(H,20,21)/t10-,12-,16-,17+/m1/s1. The first-order valence-electron chi connectivity index (χ1n) is 7.77. The average Bonchev–Trinajstić information content (AvgIpc) is 2.46. The maximum Gasteiger partial charge on any atom is 0.307 e. The summed E-state index contributed by atoms with van der Waals surface area (Å²) in [7, 11) is 0. The first-order chi connectivity index (χ1) is 10.4. The Hall–Kier alpha value is -2.04. The van der Waals surface area contributed by atoms with Gasteiger partial charge >= 0.3 is 5.97 Å². The summed E-state index contributed by atoms with van der Waals surface area (Å²) in [5, 5.41) is 12.5. The molecule has 5 heteroatoms. The topological polar surface area (TPSA) is 75.6 Å². The fourth-order valence-corrected chi connectivity index (χ4v) is 4.63. The number of hydrogen-bond acceptors (Lipinski definition) is 3. The fourth-order valence-electron chi connectivity index (χ4n) is 4.63. The third-order valence-electron chi connectivity index (χ3n) is 5.80. The van der Waals surface area contributed by atoms with E-state index in [2.05, 4.69) is 5.32 Å². The van der Waals surface area contributed by atoms with Crippen molar-refractivity contribution in [3.05, 3.63) is 29.8 Å². The van der Waals surface area contributed by atoms with Crippen LogP contribution in [0.2, 0.25) is 0 Å². The molecule has 3 saturated carbocycles. The Bertz CT molecular complexity index is 672. The van der Waals surface area contributed by atoms with Gasteiger partial charge in [0.15, 0.2) is 5.72 Å². The zero-order chi connectivity index (χ0) is 15.5. The SMILES string of the molecule is C[C@]12CC[C@H](C[C@@H]1C(=O)O)[C@@]1(C2)NC(=O)c2ccccc2O1. The molecule has 116 valence electrons. The number of aliphatic carboxylic acids is 1. The summed E-state index contributed by atoms with van der Waals surface area (Å²) >= 11 is 0. The van der Waals surface area contributed by atoms with E-state index < -0.39 is 11.7 Å². The highest BCUT2D eigenvalue weighted by molar-refractivity contribution is 5.98. The summed E-state index contributed by atoms with van der Waals surface area (Å²) in [5.41, 5.74) is -0.528. The highest BCUT2D eigenvalue weighted by Gasteiger charge is 2.62. The molecule has 1 amide bonds. The maximum atomic E-state index is 12.4. The molecule has 1 aromatic rings. The van der Waals surface area contributed by atoms with Crippen LogP contribution in [-0.4, -0.2) is 22.7 Å². The number of amides is 1. The lowest BCUT2D eigenvalue weighted by Crippen LogP contribution is -2.68. The smallest absolute Gasteiger partial charge is 0.307 e. The lowest BCUT2D eigenvalue weighted by atomic mass is 9.52. The Morgan fingerprint density at radius 1 is 1.41 bits per heavy atom. The van der Waals surface area contributed by atoms with E-state index in [0.717, 1.165) is 12.8 Å². The molecule has 1 spiro atoms. The number of hydrogen-bond donors (Lipinski definition) is 2. The van der Waals surface area contributed by atoms with Crippen molar-refractivity contribution < 1.29 is 19.4 Å². The molecule has 4 atom stereocenters. The molecule has 1 aliphatic heterocycles. The van der Waals surface area contributed by atoms with Crippen LogP contribution in [0, 0.1) is 17.3 Å². The molecule has 0 aromatic heterocycles. The molecular weight excluding hydrogens is 282 g/mol. The largest absolute Gasteiger partial charge is 0.481 e. The summed E-state index contributed by atoms with van der Waals surface area (Å²) in [6.45, 7) is 2.01. The van der Waals surface area contributed by atoms with Gasteiger partial charge in [-0.15, -0.1) is 0 Å². The van der Waals surface area contributed by atoms with Crippen LogP contribution in [-0.2, 0) is 4.79 Å². The average molecular weight is 301 g/mol. The van der Waals surface area contributed by atoms with Crippen molar-refractivity contribution in [2.45, 2.75) is 38.3 Å². The number of carbonyl (C=O) groups is 2. The Kier molecular flexibility index (Phi) is 2.63. The molecule has 2 N–H and O–H groups in total. The molecule has 5 rings (SSSR count). The Balaban J connectivity index is 1.73. The number of ether oxygens (including phenoxy) is 1. The van der Waals surface area contributed by atoms with Crippen LogP contribution in [0.3, 0.4) is 0 Å². The van der Waals surface area contributed by atoms with Gasteiger partial charge < -0.3 is 15.2 Å². The maximum absolute atomic E-state index is 12.4. The van der Waals surface area contributed by atoms with Gasteiger partial charge in [0.05, 0.1) is 11.5 Å². The summed E-state index contributed by atoms with van der Waals surface area (Å²) in [4.78, 5) is 24.0. The number of para-hydroxylation sites is 1. The number of carboxylic acids is 1. The van der Waals surface area contributed by atoms with Crippen LogP contribution in [0.1, 0.15) is 43.0 Å². The third kappa shape index (κ3) is 1.71. The number of carbonyl (C=O) groups excluding carboxylic acids is 1. The molecule has 3 aliphatic carbocycles. The first kappa shape index (κ1) is 13.6. The molecule has 22 heavy (non-hydrogen) atoms. The molecule has 0 radical (unpaired) electrons. The number of fused-ring (bicyclic) bond motifs is 3. The lowest BCUT2D eigenvalue weighted by Gasteiger charge is -2.59. The molecule has 0 saturated heterocycles. The molecule has 3 fully saturated rings. The van der Waals surface area contributed by atoms with Crippen molar-refractivity contribution >= 4 is 11.9 Å². The third-order valence-corrected chi connectivity index (χ3v) is 5.80. The minimum atomic E-state index is -0.746. The lowest BCUT2D eigenvalue weighted by molar-refractivity contribution is -0.178. The highest BCUT2D eigenvalue weighted by Crippen LogP contribution is 2.58. The van der Waals surface area contributed by atoms with Crippen LogP contribution in [0.4, 0.5) is 0 Å². The van der Waals surface area contributed by atoms with Gasteiger partial charge in [0.2, 0.25) is 0 Å². The van der Waals surface area contributed by atoms with Gasteiger partial charge in [-0.2, -0.15) is 0 Å². The van der Waals surface area contributed by atoms with Gasteiger partial charge in [0.1, 0.15) is 5.75 Å². The normalized spacial score (nSPS) is 39.0. The molecule has 5 nitrogen and oxygen atoms in total. The van der Waals surface area contributed by atoms with Crippen LogP contribution < -0.4 is 10.1 Å². The van der Waals surface area contributed by atoms with Crippen molar-refractivity contribution in [1.82, 2.24) is 5.32 Å². The van der Waals surface area contributed by atoms with E-state index in [4.69, 9.17) is 4.74 Å². The van der Waals surface area contributed by atoms with Crippen molar-refractivity contribution in [3.63, 3.8) is 0 Å². The van der Waals surface area contributed by atoms with Crippen LogP contribution in [0.15, 0.2) is 24.3 Å². The molecule has 0 unspecified atom stereocenters. The van der Waals surface area contributed by atoms with E-state index >= 15 is 0 Å². The van der Waals surface area contributed by atoms with Gasteiger partial charge in [0.25, 0.3) is 5.91 Å². The van der Waals surface area contributed by atoms with E-state index in [1.807, 2.05) is 25.1 Å². The summed E-state index contributed by atoms with van der Waals surface area (Å²) in [6.07, 6.45) is 2.88. The van der Waals surface area contributed by atoms with Gasteiger partial charge in [-0.05, 0) is 36.8 Å². The summed E-state index contributed by atoms with van der Waals surface area (Å²) in [5.74, 6) is -0.550. The second kappa shape index (κ2) is 4.24. The van der Waals surface area contributed by atoms with E-state index in [-0.39, 0.29) is 23.2 Å². The molecule has 1 aromatic carbocycles. The van der Waals surface area contributed by atoms with Crippen molar-refractivity contribution in [2.75, 3.05) is 0 Å². The van der Waals surface area contributed by atoms with Crippen LogP contribution in [0.5, 0.6) is 5.75 Å². The number of carboxylic acid groups (broad SMARTS) is 1. The first-order valence-corrected chi connectivity index (χ1v) is 7.77. The Labute approximate surface area is 128 Å². The zero-order valence-corrected chi connectivity index (χ0v) is 12.5. The summed E-state index contributed by atoms with van der Waals surface area (Å²) in [6, 6.07) is 7.23. The van der Waals surface area contributed by atoms with Crippen molar-refractivity contribution in [2.24, 2.45) is 17.3 Å². The minimum Gasteiger partial charge on any atom is -0.481 e. The summed E-state index contributed by atoms with van der Waals surface area (Å²) < 4.78 is 6.23. The number of rotatable bonds is 1. The second-order valence-electron chi connectivity index (χ2n) is 7.13. The van der Waals surface area contributed by atoms with E-state index in [9.17, 15) is 14.7 Å². The predicted molar refractivity (Wildman–Crippen MR) is 78.5 cm³/mol. The second-order valence-corrected chi connectivity index (χ2v) is 7.13. The fraction of sp³-hybridized carbons (Fsp3) is 0.529. The van der Waals surface area contributed by atoms with Crippen LogP contribution in [0.25, 0.3) is 0 Å². The van der Waals surface area contributed by atoms with Crippen molar-refractivity contribution in [1.29, 1.82) is 0 Å². The number of nitrogens with one attached hydrogen (secondary N) is 1. The van der Waals surface area contributed by atoms with Gasteiger partial charge in [0, 0.05) is 12.3 Å². The molecule has 2 bridgehead atoms. The number of benzene rings is 1. The molecular formula is C17H19NO4. The predicted octanol–water partition coefficient (Wildman–Crippen LogP) is 2.42. The molecule has 1 heterocycles. The van der Waals surface area contributed by atoms with Gasteiger partial charge in [-0.25, -0.2) is 0 Å². The highest BCUT2D eigenvalue weighted by atomic mass is 16.5. The van der Waals surface area contributed by atoms with Gasteiger partial charge in [-0.3, -0.25) is 9.59 Å². The Morgan fingerprint density at radius 2 is 2.18 bits per heavy atom. The van der Waals surface area contributed by atoms with Crippen LogP contribution >= 0.6 is 0 Å². The van der Waals surface area contributed by atoms with E-state index in [1.165, 1.54) is 0 Å². The monoisotopic (exact) mass is 301 g/mol. The van der Waals surface area contributed by atoms with Crippen molar-refractivity contribution in [3.8, 4) is 5.75 Å². The zero-order valence-electron chi connectivity index (χ0n) is 12.5. The quantitative estimate of drug-likeness (QED) is 0.835. The molecule has 4 aliphatic rings. The minimum absolute atomic E-state index is 0.0488.